The van der Waals surface area contributed by atoms with Crippen LogP contribution in [0, 0.1) is 0 Å². The van der Waals surface area contributed by atoms with Crippen LogP contribution in [-0.4, -0.2) is 11.8 Å². The number of nitrogens with one attached hydrogen (secondary N) is 1. The molecule has 52 heavy (non-hydrogen) atoms. The standard InChI is InChI=1S/C45H42N2O5/c1-33(2)39-22-27-43(51-31-36-14-8-4-9-15-36)42(28-39)45(49)47(40-23-25-41(26-24-40)50-30-35-12-6-3-7-13-35)29-34-18-20-38(21-19-34)44(48)46-52-32-37-16-10-5-11-17-37/h3-28,33H,29-32H2,1-2H3,(H,46,48). The monoisotopic (exact) mass is 690 g/mol. The lowest BCUT2D eigenvalue weighted by Gasteiger charge is -2.25. The maximum absolute atomic E-state index is 14.7. The second-order valence-electron chi connectivity index (χ2n) is 12.7. The molecule has 7 heteroatoms. The fourth-order valence-electron chi connectivity index (χ4n) is 5.59. The third kappa shape index (κ3) is 9.74. The highest BCUT2D eigenvalue weighted by Gasteiger charge is 2.24. The molecule has 6 aromatic rings. The summed E-state index contributed by atoms with van der Waals surface area (Å²) in [6.45, 7) is 5.47. The van der Waals surface area contributed by atoms with Crippen molar-refractivity contribution in [1.29, 1.82) is 0 Å². The van der Waals surface area contributed by atoms with Gasteiger partial charge in [0.1, 0.15) is 24.7 Å². The molecular weight excluding hydrogens is 649 g/mol. The Morgan fingerprint density at radius 2 is 1.15 bits per heavy atom. The highest BCUT2D eigenvalue weighted by Crippen LogP contribution is 2.30. The summed E-state index contributed by atoms with van der Waals surface area (Å²) in [6.07, 6.45) is 0. The van der Waals surface area contributed by atoms with Gasteiger partial charge in [0, 0.05) is 11.3 Å². The molecule has 6 aromatic carbocycles. The summed E-state index contributed by atoms with van der Waals surface area (Å²) in [5, 5.41) is 0. The summed E-state index contributed by atoms with van der Waals surface area (Å²) in [5.41, 5.74) is 9.01. The molecule has 0 saturated carbocycles. The average Bonchev–Trinajstić information content (AvgIpc) is 3.19. The van der Waals surface area contributed by atoms with E-state index in [1.165, 1.54) is 0 Å². The van der Waals surface area contributed by atoms with Gasteiger partial charge in [-0.1, -0.05) is 123 Å². The van der Waals surface area contributed by atoms with Gasteiger partial charge in [-0.15, -0.1) is 0 Å². The van der Waals surface area contributed by atoms with E-state index in [-0.39, 0.29) is 30.9 Å². The Morgan fingerprint density at radius 3 is 1.73 bits per heavy atom. The fraction of sp³-hybridized carbons (Fsp3) is 0.156. The maximum atomic E-state index is 14.7. The van der Waals surface area contributed by atoms with Gasteiger partial charge in [0.25, 0.3) is 11.8 Å². The molecule has 0 heterocycles. The Bertz CT molecular complexity index is 2030. The number of carbonyl (C=O) groups excluding carboxylic acids is 2. The minimum Gasteiger partial charge on any atom is -0.489 e. The van der Waals surface area contributed by atoms with Gasteiger partial charge in [0.05, 0.1) is 18.7 Å². The maximum Gasteiger partial charge on any atom is 0.274 e. The van der Waals surface area contributed by atoms with Crippen molar-refractivity contribution in [3.63, 3.8) is 0 Å². The van der Waals surface area contributed by atoms with Crippen molar-refractivity contribution in [2.24, 2.45) is 0 Å². The Morgan fingerprint density at radius 1 is 0.596 bits per heavy atom. The highest BCUT2D eigenvalue weighted by atomic mass is 16.6. The van der Waals surface area contributed by atoms with Gasteiger partial charge in [-0.2, -0.15) is 0 Å². The summed E-state index contributed by atoms with van der Waals surface area (Å²) in [4.78, 5) is 34.7. The Kier molecular flexibility index (Phi) is 12.1. The van der Waals surface area contributed by atoms with E-state index in [1.807, 2.05) is 146 Å². The SMILES string of the molecule is CC(C)c1ccc(OCc2ccccc2)c(C(=O)N(Cc2ccc(C(=O)NOCc3ccccc3)cc2)c2ccc(OCc3ccccc3)cc2)c1. The molecule has 0 saturated heterocycles. The van der Waals surface area contributed by atoms with Crippen LogP contribution in [0.5, 0.6) is 11.5 Å². The molecule has 0 aromatic heterocycles. The van der Waals surface area contributed by atoms with Gasteiger partial charge in [0.15, 0.2) is 0 Å². The predicted octanol–water partition coefficient (Wildman–Crippen LogP) is 9.68. The first kappa shape index (κ1) is 35.6. The molecule has 2 amide bonds. The fourth-order valence-corrected chi connectivity index (χ4v) is 5.59. The topological polar surface area (TPSA) is 77.1 Å². The first-order valence-electron chi connectivity index (χ1n) is 17.4. The molecule has 262 valence electrons. The lowest BCUT2D eigenvalue weighted by atomic mass is 9.99. The van der Waals surface area contributed by atoms with Gasteiger partial charge in [-0.05, 0) is 82.3 Å². The molecule has 0 aliphatic heterocycles. The van der Waals surface area contributed by atoms with Crippen LogP contribution >= 0.6 is 0 Å². The zero-order valence-electron chi connectivity index (χ0n) is 29.4. The van der Waals surface area contributed by atoms with Gasteiger partial charge >= 0.3 is 0 Å². The number of nitrogens with zero attached hydrogens (tertiary/aromatic N) is 1. The summed E-state index contributed by atoms with van der Waals surface area (Å²) >= 11 is 0. The van der Waals surface area contributed by atoms with Crippen LogP contribution in [-0.2, 0) is 31.2 Å². The quantitative estimate of drug-likeness (QED) is 0.109. The summed E-state index contributed by atoms with van der Waals surface area (Å²) in [5.74, 6) is 0.846. The summed E-state index contributed by atoms with van der Waals surface area (Å²) < 4.78 is 12.3. The smallest absolute Gasteiger partial charge is 0.274 e. The van der Waals surface area contributed by atoms with Crippen LogP contribution in [0.15, 0.2) is 158 Å². The molecule has 0 bridgehead atoms. The number of hydrogen-bond acceptors (Lipinski definition) is 5. The molecule has 0 aliphatic carbocycles. The molecule has 0 radical (unpaired) electrons. The van der Waals surface area contributed by atoms with E-state index in [2.05, 4.69) is 19.3 Å². The Labute approximate surface area is 305 Å². The average molecular weight is 691 g/mol. The second-order valence-corrected chi connectivity index (χ2v) is 12.7. The van der Waals surface area contributed by atoms with Gasteiger partial charge < -0.3 is 14.4 Å². The van der Waals surface area contributed by atoms with Crippen molar-refractivity contribution in [2.45, 2.75) is 46.1 Å². The predicted molar refractivity (Wildman–Crippen MR) is 204 cm³/mol. The molecule has 0 atom stereocenters. The molecule has 7 nitrogen and oxygen atoms in total. The van der Waals surface area contributed by atoms with Crippen LogP contribution in [0.1, 0.15) is 68.3 Å². The zero-order valence-corrected chi connectivity index (χ0v) is 29.4. The van der Waals surface area contributed by atoms with Crippen LogP contribution in [0.4, 0.5) is 5.69 Å². The number of hydrogen-bond donors (Lipinski definition) is 1. The zero-order chi connectivity index (χ0) is 36.1. The van der Waals surface area contributed by atoms with Crippen molar-refractivity contribution >= 4 is 17.5 Å². The third-order valence-electron chi connectivity index (χ3n) is 8.58. The molecule has 0 spiro atoms. The molecule has 6 rings (SSSR count). The van der Waals surface area contributed by atoms with E-state index >= 15 is 0 Å². The normalized spacial score (nSPS) is 10.8. The number of benzene rings is 6. The number of rotatable bonds is 15. The second kappa shape index (κ2) is 17.7. The Balaban J connectivity index is 1.24. The van der Waals surface area contributed by atoms with Crippen molar-refractivity contribution in [3.8, 4) is 11.5 Å². The number of carbonyl (C=O) groups is 2. The van der Waals surface area contributed by atoms with Crippen molar-refractivity contribution in [3.05, 3.63) is 197 Å². The van der Waals surface area contributed by atoms with Gasteiger partial charge in [0.2, 0.25) is 0 Å². The molecular formula is C45H42N2O5. The van der Waals surface area contributed by atoms with Crippen LogP contribution in [0.3, 0.4) is 0 Å². The van der Waals surface area contributed by atoms with Crippen LogP contribution < -0.4 is 19.9 Å². The number of hydroxylamine groups is 1. The van der Waals surface area contributed by atoms with Crippen molar-refractivity contribution < 1.29 is 23.9 Å². The van der Waals surface area contributed by atoms with Gasteiger partial charge in [-0.25, -0.2) is 5.48 Å². The van der Waals surface area contributed by atoms with E-state index < -0.39 is 0 Å². The Hall–Kier alpha value is -6.18. The first-order chi connectivity index (χ1) is 25.4. The third-order valence-corrected chi connectivity index (χ3v) is 8.58. The van der Waals surface area contributed by atoms with E-state index in [9.17, 15) is 9.59 Å². The first-order valence-corrected chi connectivity index (χ1v) is 17.4. The number of ether oxygens (including phenoxy) is 2. The highest BCUT2D eigenvalue weighted by molar-refractivity contribution is 6.08. The van der Waals surface area contributed by atoms with Crippen molar-refractivity contribution in [1.82, 2.24) is 5.48 Å². The molecule has 0 aliphatic rings. The number of amides is 2. The van der Waals surface area contributed by atoms with Crippen LogP contribution in [0.25, 0.3) is 0 Å². The molecule has 0 unspecified atom stereocenters. The van der Waals surface area contributed by atoms with E-state index in [4.69, 9.17) is 14.3 Å². The minimum atomic E-state index is -0.354. The lowest BCUT2D eigenvalue weighted by Crippen LogP contribution is -2.31. The van der Waals surface area contributed by atoms with E-state index in [0.29, 0.717) is 41.5 Å². The largest absolute Gasteiger partial charge is 0.489 e. The summed E-state index contributed by atoms with van der Waals surface area (Å²) in [7, 11) is 0. The number of anilines is 1. The molecule has 1 N–H and O–H groups in total. The van der Waals surface area contributed by atoms with E-state index in [0.717, 1.165) is 27.8 Å². The minimum absolute atomic E-state index is 0.208. The summed E-state index contributed by atoms with van der Waals surface area (Å²) in [6, 6.07) is 50.0. The van der Waals surface area contributed by atoms with Crippen molar-refractivity contribution in [2.75, 3.05) is 4.90 Å². The van der Waals surface area contributed by atoms with E-state index in [1.54, 1.807) is 17.0 Å². The lowest BCUT2D eigenvalue weighted by molar-refractivity contribution is 0.0233. The molecule has 0 fully saturated rings. The van der Waals surface area contributed by atoms with Gasteiger partial charge in [-0.3, -0.25) is 14.4 Å². The van der Waals surface area contributed by atoms with Crippen LogP contribution in [0.2, 0.25) is 0 Å².